The third kappa shape index (κ3) is 3.85. The SMILES string of the molecule is Cn1ccnc1CCC(O)c1ccc(Br)c(C(F)(F)F)c1. The van der Waals surface area contributed by atoms with Crippen molar-refractivity contribution in [3.05, 3.63) is 52.0 Å². The summed E-state index contributed by atoms with van der Waals surface area (Å²) < 4.78 is 40.3. The number of hydrogen-bond donors (Lipinski definition) is 1. The molecule has 0 spiro atoms. The maximum absolute atomic E-state index is 12.8. The molecule has 0 radical (unpaired) electrons. The highest BCUT2D eigenvalue weighted by molar-refractivity contribution is 9.10. The molecule has 0 aliphatic rings. The Morgan fingerprint density at radius 1 is 1.38 bits per heavy atom. The van der Waals surface area contributed by atoms with Gasteiger partial charge in [-0.05, 0) is 24.1 Å². The molecular weight excluding hydrogens is 349 g/mol. The van der Waals surface area contributed by atoms with Crippen LogP contribution in [-0.4, -0.2) is 14.7 Å². The van der Waals surface area contributed by atoms with Gasteiger partial charge in [-0.15, -0.1) is 0 Å². The number of imidazole rings is 1. The Labute approximate surface area is 128 Å². The zero-order valence-electron chi connectivity index (χ0n) is 11.2. The lowest BCUT2D eigenvalue weighted by molar-refractivity contribution is -0.138. The van der Waals surface area contributed by atoms with E-state index in [-0.39, 0.29) is 10.0 Å². The van der Waals surface area contributed by atoms with Gasteiger partial charge < -0.3 is 9.67 Å². The average molecular weight is 363 g/mol. The van der Waals surface area contributed by atoms with Crippen molar-refractivity contribution in [1.29, 1.82) is 0 Å². The normalized spacial score (nSPS) is 13.4. The van der Waals surface area contributed by atoms with Crippen LogP contribution in [0.2, 0.25) is 0 Å². The second kappa shape index (κ2) is 6.19. The smallest absolute Gasteiger partial charge is 0.388 e. The molecule has 1 atom stereocenters. The van der Waals surface area contributed by atoms with E-state index in [0.29, 0.717) is 12.8 Å². The van der Waals surface area contributed by atoms with Crippen molar-refractivity contribution < 1.29 is 18.3 Å². The number of hydrogen-bond acceptors (Lipinski definition) is 2. The van der Waals surface area contributed by atoms with E-state index >= 15 is 0 Å². The highest BCUT2D eigenvalue weighted by Crippen LogP contribution is 2.36. The number of aryl methyl sites for hydroxylation is 2. The maximum atomic E-state index is 12.8. The molecule has 1 N–H and O–H groups in total. The van der Waals surface area contributed by atoms with Gasteiger partial charge in [-0.1, -0.05) is 22.0 Å². The predicted molar refractivity (Wildman–Crippen MR) is 75.6 cm³/mol. The maximum Gasteiger partial charge on any atom is 0.417 e. The number of nitrogens with zero attached hydrogens (tertiary/aromatic N) is 2. The van der Waals surface area contributed by atoms with Gasteiger partial charge in [-0.25, -0.2) is 4.98 Å². The molecule has 2 rings (SSSR count). The van der Waals surface area contributed by atoms with Crippen molar-refractivity contribution in [2.45, 2.75) is 25.1 Å². The first kappa shape index (κ1) is 16.0. The molecule has 0 aliphatic carbocycles. The minimum absolute atomic E-state index is 0.0324. The fourth-order valence-electron chi connectivity index (χ4n) is 2.04. The van der Waals surface area contributed by atoms with E-state index in [2.05, 4.69) is 20.9 Å². The van der Waals surface area contributed by atoms with Crippen LogP contribution >= 0.6 is 15.9 Å². The number of halogens is 4. The third-order valence-electron chi connectivity index (χ3n) is 3.24. The molecule has 3 nitrogen and oxygen atoms in total. The van der Waals surface area contributed by atoms with Crippen molar-refractivity contribution >= 4 is 15.9 Å². The van der Waals surface area contributed by atoms with Gasteiger partial charge in [0.05, 0.1) is 11.7 Å². The van der Waals surface area contributed by atoms with Gasteiger partial charge in [0.25, 0.3) is 0 Å². The molecule has 0 saturated heterocycles. The lowest BCUT2D eigenvalue weighted by atomic mass is 10.0. The summed E-state index contributed by atoms with van der Waals surface area (Å²) in [5.41, 5.74) is -0.532. The fourth-order valence-corrected chi connectivity index (χ4v) is 2.51. The molecule has 114 valence electrons. The van der Waals surface area contributed by atoms with Crippen LogP contribution in [0.4, 0.5) is 13.2 Å². The Morgan fingerprint density at radius 3 is 2.67 bits per heavy atom. The Kier molecular flexibility index (Phi) is 4.73. The highest BCUT2D eigenvalue weighted by Gasteiger charge is 2.33. The zero-order chi connectivity index (χ0) is 15.6. The minimum Gasteiger partial charge on any atom is -0.388 e. The zero-order valence-corrected chi connectivity index (χ0v) is 12.8. The third-order valence-corrected chi connectivity index (χ3v) is 3.93. The fraction of sp³-hybridized carbons (Fsp3) is 0.357. The molecule has 0 aliphatic heterocycles. The quantitative estimate of drug-likeness (QED) is 0.896. The summed E-state index contributed by atoms with van der Waals surface area (Å²) in [5, 5.41) is 10.1. The molecule has 0 saturated carbocycles. The van der Waals surface area contributed by atoms with Crippen LogP contribution in [-0.2, 0) is 19.6 Å². The first-order valence-electron chi connectivity index (χ1n) is 6.30. The number of aromatic nitrogens is 2. The van der Waals surface area contributed by atoms with Crippen LogP contribution in [0.1, 0.15) is 29.5 Å². The number of benzene rings is 1. The van der Waals surface area contributed by atoms with E-state index in [1.807, 2.05) is 11.6 Å². The van der Waals surface area contributed by atoms with E-state index in [4.69, 9.17) is 0 Å². The highest BCUT2D eigenvalue weighted by atomic mass is 79.9. The number of rotatable bonds is 4. The molecule has 1 aromatic carbocycles. The first-order chi connectivity index (χ1) is 9.79. The largest absolute Gasteiger partial charge is 0.417 e. The summed E-state index contributed by atoms with van der Waals surface area (Å²) >= 11 is 2.88. The van der Waals surface area contributed by atoms with Crippen molar-refractivity contribution in [2.24, 2.45) is 7.05 Å². The summed E-state index contributed by atoms with van der Waals surface area (Å²) in [4.78, 5) is 4.12. The molecule has 1 heterocycles. The lowest BCUT2D eigenvalue weighted by Crippen LogP contribution is -2.09. The standard InChI is InChI=1S/C14H14BrF3N2O/c1-20-7-6-19-13(20)5-4-12(21)9-2-3-11(15)10(8-9)14(16,17)18/h2-3,6-8,12,21H,4-5H2,1H3. The lowest BCUT2D eigenvalue weighted by Gasteiger charge is -2.15. The van der Waals surface area contributed by atoms with Crippen molar-refractivity contribution in [3.8, 4) is 0 Å². The molecule has 0 bridgehead atoms. The van der Waals surface area contributed by atoms with Crippen LogP contribution in [0.15, 0.2) is 35.1 Å². The average Bonchev–Trinajstić information content (AvgIpc) is 2.80. The predicted octanol–water partition coefficient (Wildman–Crippen LogP) is 3.87. The number of aliphatic hydroxyl groups excluding tert-OH is 1. The molecule has 0 fully saturated rings. The van der Waals surface area contributed by atoms with Gasteiger partial charge in [0, 0.05) is 30.3 Å². The molecule has 0 amide bonds. The Bertz CT molecular complexity index is 625. The van der Waals surface area contributed by atoms with Crippen LogP contribution in [0.5, 0.6) is 0 Å². The van der Waals surface area contributed by atoms with Crippen LogP contribution < -0.4 is 0 Å². The first-order valence-corrected chi connectivity index (χ1v) is 7.09. The summed E-state index contributed by atoms with van der Waals surface area (Å²) in [5.74, 6) is 0.780. The van der Waals surface area contributed by atoms with Crippen LogP contribution in [0.25, 0.3) is 0 Å². The monoisotopic (exact) mass is 362 g/mol. The van der Waals surface area contributed by atoms with Crippen LogP contribution in [0, 0.1) is 0 Å². The Morgan fingerprint density at radius 2 is 2.10 bits per heavy atom. The molecule has 2 aromatic rings. The summed E-state index contributed by atoms with van der Waals surface area (Å²) in [6.07, 6.45) is -1.19. The van der Waals surface area contributed by atoms with Gasteiger partial charge in [0.2, 0.25) is 0 Å². The van der Waals surface area contributed by atoms with Gasteiger partial charge >= 0.3 is 6.18 Å². The van der Waals surface area contributed by atoms with E-state index in [9.17, 15) is 18.3 Å². The molecule has 1 unspecified atom stereocenters. The van der Waals surface area contributed by atoms with Crippen LogP contribution in [0.3, 0.4) is 0 Å². The second-order valence-corrected chi connectivity index (χ2v) is 5.60. The summed E-state index contributed by atoms with van der Waals surface area (Å²) in [6.45, 7) is 0. The van der Waals surface area contributed by atoms with E-state index < -0.39 is 17.8 Å². The van der Waals surface area contributed by atoms with E-state index in [1.54, 1.807) is 12.4 Å². The van der Waals surface area contributed by atoms with Gasteiger partial charge in [-0.3, -0.25) is 0 Å². The minimum atomic E-state index is -4.45. The Hall–Kier alpha value is -1.34. The van der Waals surface area contributed by atoms with Crippen molar-refractivity contribution in [1.82, 2.24) is 9.55 Å². The Balaban J connectivity index is 2.12. The van der Waals surface area contributed by atoms with Crippen molar-refractivity contribution in [2.75, 3.05) is 0 Å². The molecular formula is C14H14BrF3N2O. The molecule has 21 heavy (non-hydrogen) atoms. The summed E-state index contributed by atoms with van der Waals surface area (Å²) in [6, 6.07) is 3.78. The topological polar surface area (TPSA) is 38.0 Å². The van der Waals surface area contributed by atoms with Crippen molar-refractivity contribution in [3.63, 3.8) is 0 Å². The van der Waals surface area contributed by atoms with Gasteiger partial charge in [0.1, 0.15) is 5.82 Å². The molecule has 1 aromatic heterocycles. The van der Waals surface area contributed by atoms with E-state index in [0.717, 1.165) is 11.9 Å². The van der Waals surface area contributed by atoms with Gasteiger partial charge in [-0.2, -0.15) is 13.2 Å². The van der Waals surface area contributed by atoms with Gasteiger partial charge in [0.15, 0.2) is 0 Å². The van der Waals surface area contributed by atoms with E-state index in [1.165, 1.54) is 12.1 Å². The number of aliphatic hydroxyl groups is 1. The molecule has 7 heteroatoms. The summed E-state index contributed by atoms with van der Waals surface area (Å²) in [7, 11) is 1.83. The second-order valence-electron chi connectivity index (χ2n) is 4.75. The number of alkyl halides is 3.